The van der Waals surface area contributed by atoms with Crippen LogP contribution in [0.15, 0.2) is 12.2 Å². The highest BCUT2D eigenvalue weighted by Crippen LogP contribution is 2.16. The smallest absolute Gasteiger partial charge is 0.157 e. The van der Waals surface area contributed by atoms with Gasteiger partial charge in [0, 0.05) is 13.2 Å². The summed E-state index contributed by atoms with van der Waals surface area (Å²) in [5.41, 5.74) is -0.702. The minimum absolute atomic E-state index is 0.0258. The first-order valence-corrected chi connectivity index (χ1v) is 7.10. The van der Waals surface area contributed by atoms with Crippen molar-refractivity contribution in [1.29, 1.82) is 0 Å². The zero-order chi connectivity index (χ0) is 13.4. The SMILES string of the molecule is C[C@H](C/C=C/C(C)(C)O)CCOC1CCCCO1. The van der Waals surface area contributed by atoms with Crippen LogP contribution in [0.1, 0.15) is 52.9 Å². The first-order valence-electron chi connectivity index (χ1n) is 7.10. The van der Waals surface area contributed by atoms with Crippen molar-refractivity contribution in [3.05, 3.63) is 12.2 Å². The number of ether oxygens (including phenoxy) is 2. The molecule has 0 amide bonds. The van der Waals surface area contributed by atoms with Crippen LogP contribution < -0.4 is 0 Å². The maximum atomic E-state index is 9.55. The van der Waals surface area contributed by atoms with Gasteiger partial charge < -0.3 is 14.6 Å². The van der Waals surface area contributed by atoms with E-state index in [1.807, 2.05) is 6.08 Å². The standard InChI is InChI=1S/C15H28O3/c1-13(7-6-10-15(2,3)16)9-12-18-14-8-4-5-11-17-14/h6,10,13-14,16H,4-5,7-9,11-12H2,1-3H3/b10-6+/t13-,14?/m1/s1. The van der Waals surface area contributed by atoms with Crippen LogP contribution in [0.2, 0.25) is 0 Å². The van der Waals surface area contributed by atoms with Gasteiger partial charge in [0.05, 0.1) is 5.60 Å². The molecule has 0 spiro atoms. The number of rotatable bonds is 7. The fraction of sp³-hybridized carbons (Fsp3) is 0.867. The van der Waals surface area contributed by atoms with E-state index in [1.165, 1.54) is 6.42 Å². The number of allylic oxidation sites excluding steroid dienone is 1. The molecule has 0 bridgehead atoms. The second-order valence-electron chi connectivity index (χ2n) is 5.85. The first kappa shape index (κ1) is 15.7. The first-order chi connectivity index (χ1) is 8.47. The fourth-order valence-corrected chi connectivity index (χ4v) is 1.95. The monoisotopic (exact) mass is 256 g/mol. The Bertz CT molecular complexity index is 237. The van der Waals surface area contributed by atoms with Gasteiger partial charge in [0.2, 0.25) is 0 Å². The lowest BCUT2D eigenvalue weighted by Crippen LogP contribution is -2.23. The summed E-state index contributed by atoms with van der Waals surface area (Å²) in [7, 11) is 0. The summed E-state index contributed by atoms with van der Waals surface area (Å²) in [6.07, 6.45) is 9.38. The van der Waals surface area contributed by atoms with Crippen molar-refractivity contribution in [2.45, 2.75) is 64.8 Å². The molecule has 1 unspecified atom stereocenters. The van der Waals surface area contributed by atoms with Crippen molar-refractivity contribution in [2.24, 2.45) is 5.92 Å². The van der Waals surface area contributed by atoms with Crippen molar-refractivity contribution in [3.8, 4) is 0 Å². The molecule has 0 saturated carbocycles. The van der Waals surface area contributed by atoms with Crippen LogP contribution in [0.3, 0.4) is 0 Å². The third-order valence-electron chi connectivity index (χ3n) is 3.12. The van der Waals surface area contributed by atoms with Crippen LogP contribution in [-0.4, -0.2) is 30.2 Å². The predicted octanol–water partition coefficient (Wildman–Crippen LogP) is 3.27. The lowest BCUT2D eigenvalue weighted by molar-refractivity contribution is -0.163. The van der Waals surface area contributed by atoms with Crippen LogP contribution in [0.5, 0.6) is 0 Å². The lowest BCUT2D eigenvalue weighted by atomic mass is 10.0. The van der Waals surface area contributed by atoms with Crippen LogP contribution >= 0.6 is 0 Å². The molecule has 106 valence electrons. The van der Waals surface area contributed by atoms with Gasteiger partial charge in [-0.05, 0) is 51.9 Å². The van der Waals surface area contributed by atoms with Gasteiger partial charge in [-0.2, -0.15) is 0 Å². The Morgan fingerprint density at radius 1 is 1.44 bits per heavy atom. The van der Waals surface area contributed by atoms with Gasteiger partial charge in [-0.1, -0.05) is 19.1 Å². The summed E-state index contributed by atoms with van der Waals surface area (Å²) in [4.78, 5) is 0. The Morgan fingerprint density at radius 2 is 2.22 bits per heavy atom. The molecule has 1 fully saturated rings. The van der Waals surface area contributed by atoms with Crippen molar-refractivity contribution in [3.63, 3.8) is 0 Å². The van der Waals surface area contributed by atoms with E-state index in [-0.39, 0.29) is 6.29 Å². The molecule has 1 N–H and O–H groups in total. The van der Waals surface area contributed by atoms with Crippen molar-refractivity contribution < 1.29 is 14.6 Å². The minimum atomic E-state index is -0.702. The van der Waals surface area contributed by atoms with Gasteiger partial charge in [-0.25, -0.2) is 0 Å². The molecule has 1 aliphatic heterocycles. The summed E-state index contributed by atoms with van der Waals surface area (Å²) >= 11 is 0. The Kier molecular flexibility index (Phi) is 6.90. The van der Waals surface area contributed by atoms with E-state index in [4.69, 9.17) is 9.47 Å². The van der Waals surface area contributed by atoms with Crippen LogP contribution in [0.25, 0.3) is 0 Å². The van der Waals surface area contributed by atoms with E-state index in [1.54, 1.807) is 13.8 Å². The zero-order valence-corrected chi connectivity index (χ0v) is 12.0. The van der Waals surface area contributed by atoms with Gasteiger partial charge in [-0.15, -0.1) is 0 Å². The highest BCUT2D eigenvalue weighted by Gasteiger charge is 2.14. The third-order valence-corrected chi connectivity index (χ3v) is 3.12. The third kappa shape index (κ3) is 7.85. The molecular weight excluding hydrogens is 228 g/mol. The van der Waals surface area contributed by atoms with Gasteiger partial charge in [0.25, 0.3) is 0 Å². The van der Waals surface area contributed by atoms with E-state index < -0.39 is 5.60 Å². The fourth-order valence-electron chi connectivity index (χ4n) is 1.95. The van der Waals surface area contributed by atoms with Crippen LogP contribution in [0.4, 0.5) is 0 Å². The van der Waals surface area contributed by atoms with Gasteiger partial charge in [-0.3, -0.25) is 0 Å². The molecule has 1 saturated heterocycles. The Balaban J connectivity index is 2.05. The zero-order valence-electron chi connectivity index (χ0n) is 12.0. The molecule has 18 heavy (non-hydrogen) atoms. The molecule has 0 aromatic heterocycles. The largest absolute Gasteiger partial charge is 0.386 e. The highest BCUT2D eigenvalue weighted by molar-refractivity contribution is 4.95. The van der Waals surface area contributed by atoms with Gasteiger partial charge >= 0.3 is 0 Å². The van der Waals surface area contributed by atoms with Crippen molar-refractivity contribution in [2.75, 3.05) is 13.2 Å². The molecule has 0 aliphatic carbocycles. The second kappa shape index (κ2) is 7.93. The van der Waals surface area contributed by atoms with E-state index in [9.17, 15) is 5.11 Å². The molecule has 3 nitrogen and oxygen atoms in total. The average molecular weight is 256 g/mol. The van der Waals surface area contributed by atoms with E-state index in [0.29, 0.717) is 5.92 Å². The number of hydrogen-bond acceptors (Lipinski definition) is 3. The molecular formula is C15H28O3. The molecule has 0 aromatic carbocycles. The average Bonchev–Trinajstić information content (AvgIpc) is 2.28. The summed E-state index contributed by atoms with van der Waals surface area (Å²) < 4.78 is 11.2. The quantitative estimate of drug-likeness (QED) is 0.710. The molecule has 0 aromatic rings. The Labute approximate surface area is 111 Å². The van der Waals surface area contributed by atoms with E-state index in [0.717, 1.165) is 38.9 Å². The van der Waals surface area contributed by atoms with E-state index >= 15 is 0 Å². The van der Waals surface area contributed by atoms with Crippen molar-refractivity contribution in [1.82, 2.24) is 0 Å². The summed E-state index contributed by atoms with van der Waals surface area (Å²) in [5.74, 6) is 0.576. The van der Waals surface area contributed by atoms with Gasteiger partial charge in [0.15, 0.2) is 6.29 Å². The highest BCUT2D eigenvalue weighted by atomic mass is 16.7. The number of aliphatic hydroxyl groups is 1. The minimum Gasteiger partial charge on any atom is -0.386 e. The Morgan fingerprint density at radius 3 is 2.83 bits per heavy atom. The molecule has 0 radical (unpaired) electrons. The summed E-state index contributed by atoms with van der Waals surface area (Å²) in [6, 6.07) is 0. The predicted molar refractivity (Wildman–Crippen MR) is 73.4 cm³/mol. The maximum absolute atomic E-state index is 9.55. The lowest BCUT2D eigenvalue weighted by Gasteiger charge is -2.23. The van der Waals surface area contributed by atoms with E-state index in [2.05, 4.69) is 13.0 Å². The molecule has 1 heterocycles. The Hall–Kier alpha value is -0.380. The topological polar surface area (TPSA) is 38.7 Å². The van der Waals surface area contributed by atoms with Crippen LogP contribution in [0, 0.1) is 5.92 Å². The van der Waals surface area contributed by atoms with Crippen molar-refractivity contribution >= 4 is 0 Å². The second-order valence-corrected chi connectivity index (χ2v) is 5.85. The number of hydrogen-bond donors (Lipinski definition) is 1. The summed E-state index contributed by atoms with van der Waals surface area (Å²) in [5, 5.41) is 9.55. The molecule has 2 atom stereocenters. The molecule has 1 rings (SSSR count). The summed E-state index contributed by atoms with van der Waals surface area (Å²) in [6.45, 7) is 7.39. The molecule has 3 heteroatoms. The van der Waals surface area contributed by atoms with Gasteiger partial charge in [0.1, 0.15) is 0 Å². The van der Waals surface area contributed by atoms with Crippen LogP contribution in [-0.2, 0) is 9.47 Å². The maximum Gasteiger partial charge on any atom is 0.157 e. The molecule has 1 aliphatic rings. The normalized spacial score (nSPS) is 23.4.